The average Bonchev–Trinajstić information content (AvgIpc) is 2.71. The largest absolute Gasteiger partial charge is 0.384 e. The summed E-state index contributed by atoms with van der Waals surface area (Å²) in [5, 5.41) is 3.51. The lowest BCUT2D eigenvalue weighted by molar-refractivity contribution is 0.157. The molecule has 0 spiro atoms. The van der Waals surface area contributed by atoms with E-state index in [1.807, 2.05) is 7.05 Å². The lowest BCUT2D eigenvalue weighted by atomic mass is 9.85. The van der Waals surface area contributed by atoms with Gasteiger partial charge in [0.2, 0.25) is 0 Å². The molecule has 0 radical (unpaired) electrons. The second-order valence-electron chi connectivity index (χ2n) is 5.28. The van der Waals surface area contributed by atoms with Crippen molar-refractivity contribution in [2.24, 2.45) is 16.8 Å². The zero-order chi connectivity index (χ0) is 12.1. The van der Waals surface area contributed by atoms with E-state index in [-0.39, 0.29) is 24.0 Å². The van der Waals surface area contributed by atoms with Gasteiger partial charge in [0, 0.05) is 39.7 Å². The van der Waals surface area contributed by atoms with Gasteiger partial charge in [0.15, 0.2) is 5.96 Å². The number of halogens is 1. The molecular weight excluding hydrogens is 341 g/mol. The van der Waals surface area contributed by atoms with Gasteiger partial charge in [0.1, 0.15) is 0 Å². The van der Waals surface area contributed by atoms with Crippen LogP contribution < -0.4 is 5.32 Å². The van der Waals surface area contributed by atoms with Gasteiger partial charge in [-0.15, -0.1) is 24.0 Å². The first-order valence-corrected chi connectivity index (χ1v) is 6.78. The lowest BCUT2D eigenvalue weighted by Crippen LogP contribution is -2.43. The predicted octanol–water partition coefficient (Wildman–Crippen LogP) is 1.95. The van der Waals surface area contributed by atoms with Gasteiger partial charge in [0.05, 0.1) is 6.61 Å². The molecule has 2 aliphatic rings. The van der Waals surface area contributed by atoms with Crippen LogP contribution in [0.5, 0.6) is 0 Å². The van der Waals surface area contributed by atoms with E-state index in [1.165, 1.54) is 25.7 Å². The van der Waals surface area contributed by atoms with Crippen molar-refractivity contribution in [3.8, 4) is 0 Å². The molecule has 0 aromatic heterocycles. The smallest absolute Gasteiger partial charge is 0.193 e. The van der Waals surface area contributed by atoms with Gasteiger partial charge < -0.3 is 15.0 Å². The first-order valence-electron chi connectivity index (χ1n) is 6.78. The molecule has 1 atom stereocenters. The highest BCUT2D eigenvalue weighted by molar-refractivity contribution is 14.0. The standard InChI is InChI=1S/C13H25N3O.HI/c1-14-13(15-8-11-4-3-5-11)16-7-6-12(9-16)10-17-2;/h11-12H,3-10H2,1-2H3,(H,14,15);1H. The highest BCUT2D eigenvalue weighted by Gasteiger charge is 2.25. The molecule has 0 aromatic rings. The third-order valence-corrected chi connectivity index (χ3v) is 3.97. The highest BCUT2D eigenvalue weighted by Crippen LogP contribution is 2.25. The predicted molar refractivity (Wildman–Crippen MR) is 85.7 cm³/mol. The molecule has 18 heavy (non-hydrogen) atoms. The molecule has 2 rings (SSSR count). The molecule has 4 nitrogen and oxygen atoms in total. The third-order valence-electron chi connectivity index (χ3n) is 3.97. The number of nitrogens with zero attached hydrogens (tertiary/aromatic N) is 2. The molecule has 1 aliphatic heterocycles. The number of methoxy groups -OCH3 is 1. The van der Waals surface area contributed by atoms with Gasteiger partial charge in [-0.05, 0) is 25.2 Å². The van der Waals surface area contributed by atoms with Crippen molar-refractivity contribution in [2.45, 2.75) is 25.7 Å². The number of hydrogen-bond acceptors (Lipinski definition) is 2. The molecule has 5 heteroatoms. The Bertz CT molecular complexity index is 269. The first kappa shape index (κ1) is 16.0. The van der Waals surface area contributed by atoms with Crippen LogP contribution in [-0.4, -0.2) is 51.3 Å². The van der Waals surface area contributed by atoms with E-state index in [2.05, 4.69) is 15.2 Å². The van der Waals surface area contributed by atoms with Crippen LogP contribution in [0.2, 0.25) is 0 Å². The SMILES string of the molecule is CN=C(NCC1CCC1)N1CCC(COC)C1.I. The topological polar surface area (TPSA) is 36.9 Å². The third kappa shape index (κ3) is 4.26. The number of guanidine groups is 1. The number of rotatable bonds is 4. The molecular formula is C13H26IN3O. The molecule has 106 valence electrons. The Morgan fingerprint density at radius 2 is 2.11 bits per heavy atom. The van der Waals surface area contributed by atoms with Crippen LogP contribution in [0.1, 0.15) is 25.7 Å². The number of hydrogen-bond donors (Lipinski definition) is 1. The Morgan fingerprint density at radius 1 is 1.33 bits per heavy atom. The van der Waals surface area contributed by atoms with Crippen LogP contribution in [-0.2, 0) is 4.74 Å². The maximum atomic E-state index is 5.23. The molecule has 0 aromatic carbocycles. The average molecular weight is 367 g/mol. The van der Waals surface area contributed by atoms with Gasteiger partial charge in [-0.25, -0.2) is 0 Å². The summed E-state index contributed by atoms with van der Waals surface area (Å²) in [5.41, 5.74) is 0. The Balaban J connectivity index is 0.00000162. The van der Waals surface area contributed by atoms with Crippen LogP contribution in [0.4, 0.5) is 0 Å². The van der Waals surface area contributed by atoms with E-state index in [0.717, 1.165) is 38.1 Å². The van der Waals surface area contributed by atoms with Crippen LogP contribution in [0.25, 0.3) is 0 Å². The van der Waals surface area contributed by atoms with Crippen molar-refractivity contribution >= 4 is 29.9 Å². The Hall–Kier alpha value is -0.0400. The zero-order valence-electron chi connectivity index (χ0n) is 11.5. The van der Waals surface area contributed by atoms with Crippen molar-refractivity contribution in [2.75, 3.05) is 40.4 Å². The second kappa shape index (κ2) is 8.19. The Morgan fingerprint density at radius 3 is 2.67 bits per heavy atom. The number of nitrogens with one attached hydrogen (secondary N) is 1. The van der Waals surface area contributed by atoms with Crippen molar-refractivity contribution in [1.82, 2.24) is 10.2 Å². The molecule has 1 N–H and O–H groups in total. The van der Waals surface area contributed by atoms with Crippen LogP contribution >= 0.6 is 24.0 Å². The monoisotopic (exact) mass is 367 g/mol. The van der Waals surface area contributed by atoms with Crippen LogP contribution in [0, 0.1) is 11.8 Å². The molecule has 2 fully saturated rings. The number of ether oxygens (including phenoxy) is 1. The quantitative estimate of drug-likeness (QED) is 0.469. The molecule has 1 saturated heterocycles. The normalized spacial score (nSPS) is 24.7. The van der Waals surface area contributed by atoms with E-state index >= 15 is 0 Å². The molecule has 0 amide bonds. The second-order valence-corrected chi connectivity index (χ2v) is 5.28. The maximum absolute atomic E-state index is 5.23. The summed E-state index contributed by atoms with van der Waals surface area (Å²) < 4.78 is 5.23. The first-order chi connectivity index (χ1) is 8.33. The highest BCUT2D eigenvalue weighted by atomic mass is 127. The zero-order valence-corrected chi connectivity index (χ0v) is 13.9. The molecule has 0 bridgehead atoms. The minimum Gasteiger partial charge on any atom is -0.384 e. The van der Waals surface area contributed by atoms with E-state index < -0.39 is 0 Å². The van der Waals surface area contributed by atoms with Gasteiger partial charge in [-0.3, -0.25) is 4.99 Å². The van der Waals surface area contributed by atoms with Gasteiger partial charge in [-0.2, -0.15) is 0 Å². The fraction of sp³-hybridized carbons (Fsp3) is 0.923. The summed E-state index contributed by atoms with van der Waals surface area (Å²) in [6.45, 7) is 4.16. The summed E-state index contributed by atoms with van der Waals surface area (Å²) in [6.07, 6.45) is 5.40. The lowest BCUT2D eigenvalue weighted by Gasteiger charge is -2.28. The number of aliphatic imine (C=N–C) groups is 1. The van der Waals surface area contributed by atoms with Gasteiger partial charge in [-0.1, -0.05) is 6.42 Å². The Labute approximate surface area is 128 Å². The molecule has 1 saturated carbocycles. The van der Waals surface area contributed by atoms with Crippen molar-refractivity contribution < 1.29 is 4.74 Å². The summed E-state index contributed by atoms with van der Waals surface area (Å²) in [6, 6.07) is 0. The van der Waals surface area contributed by atoms with Gasteiger partial charge in [0.25, 0.3) is 0 Å². The fourth-order valence-corrected chi connectivity index (χ4v) is 2.66. The summed E-state index contributed by atoms with van der Waals surface area (Å²) in [7, 11) is 3.67. The summed E-state index contributed by atoms with van der Waals surface area (Å²) in [4.78, 5) is 6.75. The molecule has 1 aliphatic carbocycles. The van der Waals surface area contributed by atoms with E-state index in [0.29, 0.717) is 5.92 Å². The van der Waals surface area contributed by atoms with E-state index in [4.69, 9.17) is 4.74 Å². The van der Waals surface area contributed by atoms with Crippen LogP contribution in [0.3, 0.4) is 0 Å². The molecule has 1 heterocycles. The summed E-state index contributed by atoms with van der Waals surface area (Å²) in [5.74, 6) is 2.63. The summed E-state index contributed by atoms with van der Waals surface area (Å²) >= 11 is 0. The molecule has 1 unspecified atom stereocenters. The van der Waals surface area contributed by atoms with E-state index in [9.17, 15) is 0 Å². The minimum absolute atomic E-state index is 0. The van der Waals surface area contributed by atoms with Gasteiger partial charge >= 0.3 is 0 Å². The van der Waals surface area contributed by atoms with E-state index in [1.54, 1.807) is 7.11 Å². The number of likely N-dealkylation sites (tertiary alicyclic amines) is 1. The van der Waals surface area contributed by atoms with Crippen molar-refractivity contribution in [3.63, 3.8) is 0 Å². The van der Waals surface area contributed by atoms with Crippen molar-refractivity contribution in [1.29, 1.82) is 0 Å². The van der Waals surface area contributed by atoms with Crippen molar-refractivity contribution in [3.05, 3.63) is 0 Å². The Kier molecular flexibility index (Phi) is 7.29. The minimum atomic E-state index is 0. The van der Waals surface area contributed by atoms with Crippen LogP contribution in [0.15, 0.2) is 4.99 Å². The maximum Gasteiger partial charge on any atom is 0.193 e. The fourth-order valence-electron chi connectivity index (χ4n) is 2.66.